The van der Waals surface area contributed by atoms with Gasteiger partial charge in [-0.25, -0.2) is 4.39 Å². The Morgan fingerprint density at radius 2 is 1.85 bits per heavy atom. The van der Waals surface area contributed by atoms with E-state index in [1.807, 2.05) is 0 Å². The maximum Gasteiger partial charge on any atom is 0.308 e. The number of anilines is 1. The third kappa shape index (κ3) is 6.86. The molecule has 0 radical (unpaired) electrons. The highest BCUT2D eigenvalue weighted by atomic mass is 32.2. The SMILES string of the molecule is CC(SCC(=O)Nc1ccc(F)cc1)C(=O)N[C@H]1CCCCC[C@H]1C(=O)O. The highest BCUT2D eigenvalue weighted by molar-refractivity contribution is 8.01. The molecule has 0 heterocycles. The van der Waals surface area contributed by atoms with E-state index in [0.717, 1.165) is 19.3 Å². The Labute approximate surface area is 162 Å². The average molecular weight is 396 g/mol. The van der Waals surface area contributed by atoms with E-state index in [4.69, 9.17) is 0 Å². The van der Waals surface area contributed by atoms with Gasteiger partial charge in [0.05, 0.1) is 16.9 Å². The quantitative estimate of drug-likeness (QED) is 0.616. The van der Waals surface area contributed by atoms with Gasteiger partial charge in [0, 0.05) is 11.7 Å². The maximum absolute atomic E-state index is 12.9. The number of carboxylic acids is 1. The van der Waals surface area contributed by atoms with Crippen molar-refractivity contribution in [3.63, 3.8) is 0 Å². The molecule has 3 atom stereocenters. The van der Waals surface area contributed by atoms with Crippen molar-refractivity contribution in [1.82, 2.24) is 5.32 Å². The lowest BCUT2D eigenvalue weighted by molar-refractivity contribution is -0.143. The fourth-order valence-electron chi connectivity index (χ4n) is 3.08. The summed E-state index contributed by atoms with van der Waals surface area (Å²) in [5.41, 5.74) is 0.488. The number of rotatable bonds is 7. The van der Waals surface area contributed by atoms with Gasteiger partial charge in [-0.3, -0.25) is 14.4 Å². The van der Waals surface area contributed by atoms with Gasteiger partial charge in [-0.05, 0) is 44.0 Å². The summed E-state index contributed by atoms with van der Waals surface area (Å²) in [5.74, 6) is -2.29. The highest BCUT2D eigenvalue weighted by Gasteiger charge is 2.31. The molecule has 1 aliphatic carbocycles. The van der Waals surface area contributed by atoms with Crippen molar-refractivity contribution in [2.45, 2.75) is 50.3 Å². The molecule has 148 valence electrons. The van der Waals surface area contributed by atoms with E-state index >= 15 is 0 Å². The van der Waals surface area contributed by atoms with Crippen LogP contribution in [-0.2, 0) is 14.4 Å². The molecule has 1 aliphatic rings. The minimum atomic E-state index is -0.874. The number of carbonyl (C=O) groups is 3. The summed E-state index contributed by atoms with van der Waals surface area (Å²) in [6.45, 7) is 1.69. The summed E-state index contributed by atoms with van der Waals surface area (Å²) in [4.78, 5) is 35.8. The molecule has 0 bridgehead atoms. The fraction of sp³-hybridized carbons (Fsp3) is 0.526. The molecule has 3 N–H and O–H groups in total. The predicted molar refractivity (Wildman–Crippen MR) is 103 cm³/mol. The van der Waals surface area contributed by atoms with Crippen molar-refractivity contribution in [2.24, 2.45) is 5.92 Å². The van der Waals surface area contributed by atoms with Crippen molar-refractivity contribution in [2.75, 3.05) is 11.1 Å². The van der Waals surface area contributed by atoms with Crippen LogP contribution < -0.4 is 10.6 Å². The monoisotopic (exact) mass is 396 g/mol. The molecule has 1 aromatic carbocycles. The molecule has 1 aromatic rings. The lowest BCUT2D eigenvalue weighted by Crippen LogP contribution is -2.45. The number of carbonyl (C=O) groups excluding carboxylic acids is 2. The molecule has 0 aromatic heterocycles. The molecule has 2 rings (SSSR count). The number of halogens is 1. The lowest BCUT2D eigenvalue weighted by Gasteiger charge is -2.24. The molecule has 27 heavy (non-hydrogen) atoms. The normalized spacial score (nSPS) is 21.0. The third-order valence-electron chi connectivity index (χ3n) is 4.62. The first-order valence-corrected chi connectivity index (χ1v) is 10.1. The Morgan fingerprint density at radius 3 is 2.52 bits per heavy atom. The zero-order valence-electron chi connectivity index (χ0n) is 15.2. The molecule has 1 saturated carbocycles. The highest BCUT2D eigenvalue weighted by Crippen LogP contribution is 2.24. The summed E-state index contributed by atoms with van der Waals surface area (Å²) < 4.78 is 12.9. The number of benzene rings is 1. The van der Waals surface area contributed by atoms with Gasteiger partial charge in [0.15, 0.2) is 0 Å². The minimum absolute atomic E-state index is 0.0684. The second-order valence-electron chi connectivity index (χ2n) is 6.71. The van der Waals surface area contributed by atoms with Crippen LogP contribution in [0.5, 0.6) is 0 Å². The third-order valence-corrected chi connectivity index (χ3v) is 5.77. The minimum Gasteiger partial charge on any atom is -0.481 e. The lowest BCUT2D eigenvalue weighted by atomic mass is 9.95. The van der Waals surface area contributed by atoms with Crippen LogP contribution in [0.2, 0.25) is 0 Å². The van der Waals surface area contributed by atoms with E-state index in [9.17, 15) is 23.9 Å². The maximum atomic E-state index is 12.9. The Hall–Kier alpha value is -2.09. The van der Waals surface area contributed by atoms with Gasteiger partial charge in [0.2, 0.25) is 11.8 Å². The molecule has 6 nitrogen and oxygen atoms in total. The van der Waals surface area contributed by atoms with Crippen LogP contribution in [0.25, 0.3) is 0 Å². The summed E-state index contributed by atoms with van der Waals surface area (Å²) >= 11 is 1.17. The van der Waals surface area contributed by atoms with Crippen LogP contribution >= 0.6 is 11.8 Å². The van der Waals surface area contributed by atoms with E-state index in [2.05, 4.69) is 10.6 Å². The van der Waals surface area contributed by atoms with Gasteiger partial charge >= 0.3 is 5.97 Å². The molecule has 2 amide bonds. The second kappa shape index (κ2) is 10.3. The molecule has 1 unspecified atom stereocenters. The van der Waals surface area contributed by atoms with E-state index in [-0.39, 0.29) is 29.4 Å². The number of nitrogens with one attached hydrogen (secondary N) is 2. The van der Waals surface area contributed by atoms with Gasteiger partial charge in [0.1, 0.15) is 5.82 Å². The summed E-state index contributed by atoms with van der Waals surface area (Å²) in [6.07, 6.45) is 3.96. The standard InChI is InChI=1S/C19H25FN2O4S/c1-12(27-11-17(23)21-14-9-7-13(20)8-10-14)18(24)22-16-6-4-2-3-5-15(16)19(25)26/h7-10,12,15-16H,2-6,11H2,1H3,(H,21,23)(H,22,24)(H,25,26)/t12?,15-,16+/m1/s1. The average Bonchev–Trinajstić information content (AvgIpc) is 2.87. The largest absolute Gasteiger partial charge is 0.481 e. The Bertz CT molecular complexity index is 668. The molecule has 1 fully saturated rings. The van der Waals surface area contributed by atoms with Crippen molar-refractivity contribution >= 4 is 35.2 Å². The van der Waals surface area contributed by atoms with Gasteiger partial charge in [0.25, 0.3) is 0 Å². The van der Waals surface area contributed by atoms with E-state index in [1.54, 1.807) is 6.92 Å². The van der Waals surface area contributed by atoms with Crippen molar-refractivity contribution in [3.05, 3.63) is 30.1 Å². The number of amides is 2. The van der Waals surface area contributed by atoms with Crippen LogP contribution in [0, 0.1) is 11.7 Å². The summed E-state index contributed by atoms with van der Waals surface area (Å²) in [7, 11) is 0. The topological polar surface area (TPSA) is 95.5 Å². The van der Waals surface area contributed by atoms with Gasteiger partial charge in [-0.1, -0.05) is 19.3 Å². The summed E-state index contributed by atoms with van der Waals surface area (Å²) in [6, 6.07) is 5.07. The molecule has 0 aliphatic heterocycles. The summed E-state index contributed by atoms with van der Waals surface area (Å²) in [5, 5.41) is 14.4. The molecule has 0 saturated heterocycles. The Kier molecular flexibility index (Phi) is 8.09. The number of hydrogen-bond acceptors (Lipinski definition) is 4. The van der Waals surface area contributed by atoms with Crippen LogP contribution in [0.4, 0.5) is 10.1 Å². The van der Waals surface area contributed by atoms with Crippen LogP contribution in [-0.4, -0.2) is 39.9 Å². The van der Waals surface area contributed by atoms with Crippen molar-refractivity contribution in [1.29, 1.82) is 0 Å². The number of carboxylic acid groups (broad SMARTS) is 1. The van der Waals surface area contributed by atoms with E-state index in [1.165, 1.54) is 36.0 Å². The Morgan fingerprint density at radius 1 is 1.19 bits per heavy atom. The van der Waals surface area contributed by atoms with Gasteiger partial charge < -0.3 is 15.7 Å². The first-order chi connectivity index (χ1) is 12.9. The van der Waals surface area contributed by atoms with Crippen molar-refractivity contribution in [3.8, 4) is 0 Å². The van der Waals surface area contributed by atoms with Crippen LogP contribution in [0.3, 0.4) is 0 Å². The number of thioether (sulfide) groups is 1. The first-order valence-electron chi connectivity index (χ1n) is 9.07. The van der Waals surface area contributed by atoms with E-state index < -0.39 is 17.1 Å². The van der Waals surface area contributed by atoms with Crippen molar-refractivity contribution < 1.29 is 23.9 Å². The Balaban J connectivity index is 1.80. The van der Waals surface area contributed by atoms with Crippen LogP contribution in [0.1, 0.15) is 39.0 Å². The van der Waals surface area contributed by atoms with Gasteiger partial charge in [-0.15, -0.1) is 11.8 Å². The molecule has 0 spiro atoms. The smallest absolute Gasteiger partial charge is 0.308 e. The molecule has 8 heteroatoms. The zero-order chi connectivity index (χ0) is 19.8. The van der Waals surface area contributed by atoms with Gasteiger partial charge in [-0.2, -0.15) is 0 Å². The van der Waals surface area contributed by atoms with Crippen LogP contribution in [0.15, 0.2) is 24.3 Å². The zero-order valence-corrected chi connectivity index (χ0v) is 16.1. The van der Waals surface area contributed by atoms with E-state index in [0.29, 0.717) is 18.5 Å². The first kappa shape index (κ1) is 21.2. The number of hydrogen-bond donors (Lipinski definition) is 3. The predicted octanol–water partition coefficient (Wildman–Crippen LogP) is 3.04. The fourth-order valence-corrected chi connectivity index (χ4v) is 3.78. The number of aliphatic carboxylic acids is 1. The molecular formula is C19H25FN2O4S. The second-order valence-corrected chi connectivity index (χ2v) is 8.04. The molecular weight excluding hydrogens is 371 g/mol.